The largest absolute Gasteiger partial charge is 0.381 e. The Kier molecular flexibility index (Phi) is 11.6. The maximum atomic E-state index is 15.0. The van der Waals surface area contributed by atoms with Crippen molar-refractivity contribution in [1.29, 1.82) is 0 Å². The van der Waals surface area contributed by atoms with E-state index < -0.39 is 11.7 Å². The third kappa shape index (κ3) is 8.70. The van der Waals surface area contributed by atoms with Gasteiger partial charge in [-0.3, -0.25) is 24.1 Å². The summed E-state index contributed by atoms with van der Waals surface area (Å²) >= 11 is 0. The van der Waals surface area contributed by atoms with Crippen molar-refractivity contribution in [2.75, 3.05) is 72.1 Å². The number of likely N-dealkylation sites (tertiary alicyclic amines) is 2. The first kappa shape index (κ1) is 36.2. The normalized spacial score (nSPS) is 20.1. The van der Waals surface area contributed by atoms with E-state index in [4.69, 9.17) is 9.47 Å². The molecule has 1 N–H and O–H groups in total. The van der Waals surface area contributed by atoms with Crippen LogP contribution in [0.2, 0.25) is 0 Å². The van der Waals surface area contributed by atoms with Gasteiger partial charge in [0, 0.05) is 85.2 Å². The van der Waals surface area contributed by atoms with Crippen molar-refractivity contribution in [2.24, 2.45) is 5.92 Å². The van der Waals surface area contributed by atoms with Crippen molar-refractivity contribution in [2.45, 2.75) is 63.6 Å². The van der Waals surface area contributed by atoms with Gasteiger partial charge < -0.3 is 24.2 Å². The molecule has 0 aliphatic carbocycles. The number of nitrogens with zero attached hydrogens (tertiary/aromatic N) is 5. The van der Waals surface area contributed by atoms with Crippen LogP contribution in [-0.2, 0) is 25.5 Å². The van der Waals surface area contributed by atoms with Crippen LogP contribution in [0.5, 0.6) is 0 Å². The van der Waals surface area contributed by atoms with Crippen LogP contribution in [0.1, 0.15) is 68.0 Å². The van der Waals surface area contributed by atoms with Gasteiger partial charge in [-0.2, -0.15) is 5.10 Å². The first-order valence-electron chi connectivity index (χ1n) is 18.9. The van der Waals surface area contributed by atoms with Crippen LogP contribution in [0.3, 0.4) is 0 Å². The fourth-order valence-electron chi connectivity index (χ4n) is 8.01. The minimum atomic E-state index is -0.597. The van der Waals surface area contributed by atoms with Gasteiger partial charge in [0.2, 0.25) is 11.8 Å². The summed E-state index contributed by atoms with van der Waals surface area (Å²) in [5.74, 6) is -0.246. The molecule has 4 saturated heterocycles. The molecule has 0 radical (unpaired) electrons. The third-order valence-electron chi connectivity index (χ3n) is 11.2. The maximum absolute atomic E-state index is 15.0. The average Bonchev–Trinajstić information content (AvgIpc) is 3.18. The lowest BCUT2D eigenvalue weighted by Gasteiger charge is -2.38. The minimum absolute atomic E-state index is 0. The first-order valence-corrected chi connectivity index (χ1v) is 18.9. The summed E-state index contributed by atoms with van der Waals surface area (Å²) in [6, 6.07) is 11.7. The lowest BCUT2D eigenvalue weighted by atomic mass is 9.95. The molecule has 4 fully saturated rings. The zero-order valence-corrected chi connectivity index (χ0v) is 29.8. The van der Waals surface area contributed by atoms with Crippen molar-refractivity contribution >= 4 is 28.5 Å². The molecular weight excluding hydrogens is 667 g/mol. The molecule has 0 bridgehead atoms. The Morgan fingerprint density at radius 2 is 1.44 bits per heavy atom. The number of hydrogen-bond donors (Lipinski definition) is 1. The molecule has 13 heteroatoms. The molecule has 1 aromatic heterocycles. The van der Waals surface area contributed by atoms with Crippen molar-refractivity contribution in [3.8, 4) is 0 Å². The predicted molar refractivity (Wildman–Crippen MR) is 194 cm³/mol. The number of halogens is 1. The van der Waals surface area contributed by atoms with Gasteiger partial charge in [0.05, 0.1) is 35.4 Å². The van der Waals surface area contributed by atoms with E-state index in [2.05, 4.69) is 15.1 Å². The highest BCUT2D eigenvalue weighted by molar-refractivity contribution is 5.95. The van der Waals surface area contributed by atoms with E-state index in [1.165, 1.54) is 6.07 Å². The summed E-state index contributed by atoms with van der Waals surface area (Å²) in [7, 11) is 0. The summed E-state index contributed by atoms with van der Waals surface area (Å²) in [6.45, 7) is 6.41. The number of H-pyrrole nitrogens is 1. The molecule has 12 nitrogen and oxygen atoms in total. The van der Waals surface area contributed by atoms with E-state index >= 15 is 0 Å². The van der Waals surface area contributed by atoms with Crippen LogP contribution < -0.4 is 5.56 Å². The molecule has 3 aromatic rings. The Morgan fingerprint density at radius 3 is 2.15 bits per heavy atom. The van der Waals surface area contributed by atoms with E-state index in [-0.39, 0.29) is 36.6 Å². The number of carbonyl (C=O) groups excluding carboxylic acids is 3. The molecule has 52 heavy (non-hydrogen) atoms. The van der Waals surface area contributed by atoms with Gasteiger partial charge in [0.15, 0.2) is 0 Å². The van der Waals surface area contributed by atoms with Crippen LogP contribution in [0, 0.1) is 11.7 Å². The van der Waals surface area contributed by atoms with Crippen molar-refractivity contribution < 1.29 is 29.7 Å². The Morgan fingerprint density at radius 1 is 0.808 bits per heavy atom. The number of hydrogen-bond acceptors (Lipinski definition) is 8. The SMILES string of the molecule is O=C(CC1CCOCC1)N1CCC(OC2CCN(CC(=O)N3CCN(C(=O)c4cc(Cc5n[nH]c(=O)c6ccccc56)ccc4F)CC3)CC2)CC1.[HH]. The summed E-state index contributed by atoms with van der Waals surface area (Å²) in [5.41, 5.74) is 1.05. The molecule has 0 unspecified atom stereocenters. The monoisotopic (exact) mass is 718 g/mol. The van der Waals surface area contributed by atoms with Crippen LogP contribution in [0.25, 0.3) is 10.8 Å². The van der Waals surface area contributed by atoms with Crippen molar-refractivity contribution in [1.82, 2.24) is 29.8 Å². The molecule has 0 atom stereocenters. The summed E-state index contributed by atoms with van der Waals surface area (Å²) < 4.78 is 26.8. The number of aromatic nitrogens is 2. The molecule has 2 aromatic carbocycles. The highest BCUT2D eigenvalue weighted by Crippen LogP contribution is 2.25. The van der Waals surface area contributed by atoms with Crippen molar-refractivity contribution in [3.63, 3.8) is 0 Å². The van der Waals surface area contributed by atoms with Crippen LogP contribution in [-0.4, -0.2) is 132 Å². The lowest BCUT2D eigenvalue weighted by Crippen LogP contribution is -2.53. The van der Waals surface area contributed by atoms with Gasteiger partial charge in [-0.05, 0) is 68.2 Å². The number of amides is 3. The fourth-order valence-corrected chi connectivity index (χ4v) is 8.01. The predicted octanol–water partition coefficient (Wildman–Crippen LogP) is 3.47. The van der Waals surface area contributed by atoms with Gasteiger partial charge in [-0.1, -0.05) is 24.3 Å². The minimum Gasteiger partial charge on any atom is -0.381 e. The quantitative estimate of drug-likeness (QED) is 0.357. The van der Waals surface area contributed by atoms with E-state index in [0.717, 1.165) is 77.9 Å². The summed E-state index contributed by atoms with van der Waals surface area (Å²) in [5, 5.41) is 7.98. The standard InChI is InChI=1S/C39H49FN6O6.H2/c40-34-6-5-28(24-35-31-3-1-2-4-32(31)38(49)42-41-35)23-33(34)39(50)46-19-17-45(18-20-46)37(48)26-43-13-7-29(8-14-43)52-30-9-15-44(16-10-30)36(47)25-27-11-21-51-22-12-27;/h1-6,23,27,29-30H,7-22,24-26H2,(H,42,49);1H. The number of nitrogens with one attached hydrogen (secondary N) is 1. The summed E-state index contributed by atoms with van der Waals surface area (Å²) in [6.07, 6.45) is 6.74. The fraction of sp³-hybridized carbons (Fsp3) is 0.564. The molecule has 3 amide bonds. The van der Waals surface area contributed by atoms with Gasteiger partial charge in [0.25, 0.3) is 11.5 Å². The Balaban J connectivity index is 0.00000481. The number of benzene rings is 2. The van der Waals surface area contributed by atoms with E-state index in [0.29, 0.717) is 73.5 Å². The summed E-state index contributed by atoms with van der Waals surface area (Å²) in [4.78, 5) is 59.2. The second-order valence-corrected chi connectivity index (χ2v) is 14.7. The highest BCUT2D eigenvalue weighted by Gasteiger charge is 2.31. The maximum Gasteiger partial charge on any atom is 0.272 e. The van der Waals surface area contributed by atoms with Crippen LogP contribution in [0.4, 0.5) is 4.39 Å². The zero-order valence-electron chi connectivity index (χ0n) is 29.8. The lowest BCUT2D eigenvalue weighted by molar-refractivity contribution is -0.138. The van der Waals surface area contributed by atoms with Gasteiger partial charge in [0.1, 0.15) is 5.82 Å². The highest BCUT2D eigenvalue weighted by atomic mass is 19.1. The molecule has 4 aliphatic heterocycles. The molecule has 5 heterocycles. The molecule has 0 saturated carbocycles. The van der Waals surface area contributed by atoms with Gasteiger partial charge in [-0.25, -0.2) is 9.49 Å². The number of rotatable bonds is 9. The number of fused-ring (bicyclic) bond motifs is 1. The number of aromatic amines is 1. The van der Waals surface area contributed by atoms with Crippen molar-refractivity contribution in [3.05, 3.63) is 75.5 Å². The topological polar surface area (TPSA) is 128 Å². The van der Waals surface area contributed by atoms with E-state index in [1.807, 2.05) is 17.0 Å². The molecule has 280 valence electrons. The Hall–Kier alpha value is -4.20. The Bertz CT molecular complexity index is 1800. The number of piperidine rings is 2. The van der Waals surface area contributed by atoms with Gasteiger partial charge in [-0.15, -0.1) is 0 Å². The van der Waals surface area contributed by atoms with Crippen LogP contribution >= 0.6 is 0 Å². The smallest absolute Gasteiger partial charge is 0.272 e. The number of piperazine rings is 1. The van der Waals surface area contributed by atoms with E-state index in [1.54, 1.807) is 34.1 Å². The first-order chi connectivity index (χ1) is 25.3. The number of carbonyl (C=O) groups is 3. The Labute approximate surface area is 304 Å². The molecule has 0 spiro atoms. The van der Waals surface area contributed by atoms with E-state index in [9.17, 15) is 23.6 Å². The molecule has 7 rings (SSSR count). The average molecular weight is 719 g/mol. The second-order valence-electron chi connectivity index (χ2n) is 14.7. The third-order valence-corrected chi connectivity index (χ3v) is 11.2. The second kappa shape index (κ2) is 16.6. The molecular formula is C39H51FN6O6. The molecule has 4 aliphatic rings. The van der Waals surface area contributed by atoms with Gasteiger partial charge >= 0.3 is 0 Å². The number of ether oxygens (including phenoxy) is 2. The van der Waals surface area contributed by atoms with Crippen LogP contribution in [0.15, 0.2) is 47.3 Å². The zero-order chi connectivity index (χ0) is 36.0.